The third-order valence-corrected chi connectivity index (χ3v) is 3.96. The van der Waals surface area contributed by atoms with Crippen LogP contribution in [0.2, 0.25) is 0 Å². The van der Waals surface area contributed by atoms with Gasteiger partial charge in [-0.25, -0.2) is 0 Å². The minimum Gasteiger partial charge on any atom is -0.497 e. The summed E-state index contributed by atoms with van der Waals surface area (Å²) in [4.78, 5) is 5.34. The molecular weight excluding hydrogens is 312 g/mol. The number of methoxy groups -OCH3 is 1. The summed E-state index contributed by atoms with van der Waals surface area (Å²) in [6.45, 7) is 0. The zero-order valence-corrected chi connectivity index (χ0v) is 12.3. The second kappa shape index (κ2) is 6.11. The van der Waals surface area contributed by atoms with Gasteiger partial charge in [-0.15, -0.1) is 11.8 Å². The zero-order chi connectivity index (χ0) is 13.0. The van der Waals surface area contributed by atoms with E-state index in [1.54, 1.807) is 25.1 Å². The van der Waals surface area contributed by atoms with Crippen LogP contribution in [0.1, 0.15) is 5.69 Å². The molecule has 0 bridgehead atoms. The maximum Gasteiger partial charge on any atom is 0.120 e. The first kappa shape index (κ1) is 13.2. The molecule has 2 aromatic rings. The van der Waals surface area contributed by atoms with E-state index in [1.807, 2.05) is 30.3 Å². The standard InChI is InChI=1S/C13H13BrN2OS/c1-17-11-4-5-12(15)13(6-11)18-8-10-3-2-9(14)7-16-10/h2-7H,8,15H2,1H3. The van der Waals surface area contributed by atoms with Crippen LogP contribution in [0, 0.1) is 0 Å². The molecule has 0 unspecified atom stereocenters. The maximum absolute atomic E-state index is 5.93. The Morgan fingerprint density at radius 1 is 1.33 bits per heavy atom. The number of nitrogen functional groups attached to an aromatic ring is 1. The van der Waals surface area contributed by atoms with Crippen molar-refractivity contribution in [3.63, 3.8) is 0 Å². The summed E-state index contributed by atoms with van der Waals surface area (Å²) in [6, 6.07) is 9.64. The number of hydrogen-bond acceptors (Lipinski definition) is 4. The smallest absolute Gasteiger partial charge is 0.120 e. The van der Waals surface area contributed by atoms with E-state index in [4.69, 9.17) is 10.5 Å². The molecule has 0 aliphatic rings. The van der Waals surface area contributed by atoms with E-state index in [0.717, 1.165) is 32.3 Å². The predicted molar refractivity (Wildman–Crippen MR) is 78.9 cm³/mol. The van der Waals surface area contributed by atoms with Crippen molar-refractivity contribution in [1.29, 1.82) is 0 Å². The maximum atomic E-state index is 5.93. The molecule has 0 saturated heterocycles. The fraction of sp³-hybridized carbons (Fsp3) is 0.154. The van der Waals surface area contributed by atoms with E-state index >= 15 is 0 Å². The van der Waals surface area contributed by atoms with Crippen molar-refractivity contribution in [3.8, 4) is 5.75 Å². The topological polar surface area (TPSA) is 48.1 Å². The Hall–Kier alpha value is -1.20. The second-order valence-electron chi connectivity index (χ2n) is 3.66. The predicted octanol–water partition coefficient (Wildman–Crippen LogP) is 3.73. The molecule has 5 heteroatoms. The van der Waals surface area contributed by atoms with Crippen LogP contribution in [0.4, 0.5) is 5.69 Å². The van der Waals surface area contributed by atoms with Crippen LogP contribution in [-0.2, 0) is 5.75 Å². The third kappa shape index (κ3) is 3.40. The van der Waals surface area contributed by atoms with Gasteiger partial charge in [-0.2, -0.15) is 0 Å². The summed E-state index contributed by atoms with van der Waals surface area (Å²) in [6.07, 6.45) is 1.80. The minimum absolute atomic E-state index is 0.762. The lowest BCUT2D eigenvalue weighted by Gasteiger charge is -2.07. The van der Waals surface area contributed by atoms with Gasteiger partial charge in [0.25, 0.3) is 0 Å². The van der Waals surface area contributed by atoms with Gasteiger partial charge in [-0.1, -0.05) is 0 Å². The summed E-state index contributed by atoms with van der Waals surface area (Å²) in [5.41, 5.74) is 7.71. The van der Waals surface area contributed by atoms with E-state index in [9.17, 15) is 0 Å². The average molecular weight is 325 g/mol. The number of anilines is 1. The number of nitrogens with two attached hydrogens (primary N) is 1. The van der Waals surface area contributed by atoms with Crippen molar-refractivity contribution < 1.29 is 4.74 Å². The van der Waals surface area contributed by atoms with Crippen molar-refractivity contribution in [3.05, 3.63) is 46.7 Å². The van der Waals surface area contributed by atoms with Crippen molar-refractivity contribution in [2.24, 2.45) is 0 Å². The van der Waals surface area contributed by atoms with Gasteiger partial charge in [0.05, 0.1) is 12.8 Å². The van der Waals surface area contributed by atoms with E-state index in [1.165, 1.54) is 0 Å². The Labute approximate surface area is 119 Å². The summed E-state index contributed by atoms with van der Waals surface area (Å²) < 4.78 is 6.17. The summed E-state index contributed by atoms with van der Waals surface area (Å²) in [5, 5.41) is 0. The number of halogens is 1. The molecule has 1 heterocycles. The molecule has 0 spiro atoms. The van der Waals surface area contributed by atoms with Gasteiger partial charge in [-0.05, 0) is 46.3 Å². The Bertz CT molecular complexity index is 531. The van der Waals surface area contributed by atoms with Gasteiger partial charge >= 0.3 is 0 Å². The van der Waals surface area contributed by atoms with E-state index in [-0.39, 0.29) is 0 Å². The van der Waals surface area contributed by atoms with Crippen molar-refractivity contribution in [1.82, 2.24) is 4.98 Å². The highest BCUT2D eigenvalue weighted by Gasteiger charge is 2.03. The van der Waals surface area contributed by atoms with E-state index < -0.39 is 0 Å². The lowest BCUT2D eigenvalue weighted by molar-refractivity contribution is 0.414. The molecule has 3 nitrogen and oxygen atoms in total. The highest BCUT2D eigenvalue weighted by atomic mass is 79.9. The number of nitrogens with zero attached hydrogens (tertiary/aromatic N) is 1. The molecule has 0 amide bonds. The number of aromatic nitrogens is 1. The molecule has 0 fully saturated rings. The molecule has 94 valence electrons. The number of pyridine rings is 1. The van der Waals surface area contributed by atoms with Gasteiger partial charge in [0, 0.05) is 27.0 Å². The molecule has 0 aliphatic carbocycles. The Kier molecular flexibility index (Phi) is 4.49. The van der Waals surface area contributed by atoms with Gasteiger partial charge in [0.15, 0.2) is 0 Å². The van der Waals surface area contributed by atoms with Crippen LogP contribution in [-0.4, -0.2) is 12.1 Å². The normalized spacial score (nSPS) is 10.3. The van der Waals surface area contributed by atoms with Gasteiger partial charge in [0.1, 0.15) is 5.75 Å². The van der Waals surface area contributed by atoms with Crippen LogP contribution in [0.25, 0.3) is 0 Å². The average Bonchev–Trinajstić information content (AvgIpc) is 2.40. The molecular formula is C13H13BrN2OS. The van der Waals surface area contributed by atoms with Crippen LogP contribution < -0.4 is 10.5 Å². The Morgan fingerprint density at radius 3 is 2.83 bits per heavy atom. The highest BCUT2D eigenvalue weighted by Crippen LogP contribution is 2.31. The van der Waals surface area contributed by atoms with Crippen LogP contribution >= 0.6 is 27.7 Å². The monoisotopic (exact) mass is 324 g/mol. The first-order valence-electron chi connectivity index (χ1n) is 5.36. The number of thioether (sulfide) groups is 1. The van der Waals surface area contributed by atoms with Crippen molar-refractivity contribution in [2.45, 2.75) is 10.6 Å². The minimum atomic E-state index is 0.762. The molecule has 0 radical (unpaired) electrons. The molecule has 1 aromatic carbocycles. The fourth-order valence-corrected chi connectivity index (χ4v) is 2.55. The Balaban J connectivity index is 2.07. The third-order valence-electron chi connectivity index (χ3n) is 2.38. The summed E-state index contributed by atoms with van der Waals surface area (Å²) in [7, 11) is 1.65. The SMILES string of the molecule is COc1ccc(N)c(SCc2ccc(Br)cn2)c1. The number of ether oxygens (including phenoxy) is 1. The highest BCUT2D eigenvalue weighted by molar-refractivity contribution is 9.10. The summed E-state index contributed by atoms with van der Waals surface area (Å²) >= 11 is 5.02. The van der Waals surface area contributed by atoms with Gasteiger partial charge in [-0.3, -0.25) is 4.98 Å². The molecule has 1 aromatic heterocycles. The lowest BCUT2D eigenvalue weighted by atomic mass is 10.3. The quantitative estimate of drug-likeness (QED) is 0.687. The molecule has 2 rings (SSSR count). The molecule has 0 saturated carbocycles. The number of hydrogen-bond donors (Lipinski definition) is 1. The fourth-order valence-electron chi connectivity index (χ4n) is 1.41. The molecule has 18 heavy (non-hydrogen) atoms. The van der Waals surface area contributed by atoms with E-state index in [0.29, 0.717) is 0 Å². The summed E-state index contributed by atoms with van der Waals surface area (Å²) in [5.74, 6) is 1.60. The van der Waals surface area contributed by atoms with Gasteiger partial charge in [0.2, 0.25) is 0 Å². The Morgan fingerprint density at radius 2 is 2.17 bits per heavy atom. The lowest BCUT2D eigenvalue weighted by Crippen LogP contribution is -1.92. The number of benzene rings is 1. The molecule has 0 aliphatic heterocycles. The first-order valence-corrected chi connectivity index (χ1v) is 7.13. The second-order valence-corrected chi connectivity index (χ2v) is 5.59. The van der Waals surface area contributed by atoms with Crippen molar-refractivity contribution >= 4 is 33.4 Å². The number of rotatable bonds is 4. The van der Waals surface area contributed by atoms with Crippen LogP contribution in [0.3, 0.4) is 0 Å². The van der Waals surface area contributed by atoms with Crippen LogP contribution in [0.5, 0.6) is 5.75 Å². The largest absolute Gasteiger partial charge is 0.497 e. The first-order chi connectivity index (χ1) is 8.69. The van der Waals surface area contributed by atoms with Crippen LogP contribution in [0.15, 0.2) is 45.9 Å². The van der Waals surface area contributed by atoms with E-state index in [2.05, 4.69) is 20.9 Å². The van der Waals surface area contributed by atoms with Gasteiger partial charge < -0.3 is 10.5 Å². The zero-order valence-electron chi connectivity index (χ0n) is 9.89. The molecule has 2 N–H and O–H groups in total. The molecule has 0 atom stereocenters. The van der Waals surface area contributed by atoms with Crippen molar-refractivity contribution in [2.75, 3.05) is 12.8 Å².